The maximum Gasteiger partial charge on any atom is 0.239 e. The molecule has 0 bridgehead atoms. The number of benzene rings is 1. The van der Waals surface area contributed by atoms with Crippen LogP contribution in [0.5, 0.6) is 0 Å². The van der Waals surface area contributed by atoms with E-state index in [1.54, 1.807) is 4.90 Å². The summed E-state index contributed by atoms with van der Waals surface area (Å²) in [7, 11) is 0. The van der Waals surface area contributed by atoms with Crippen LogP contribution in [-0.4, -0.2) is 36.3 Å². The summed E-state index contributed by atoms with van der Waals surface area (Å²) < 4.78 is 0. The third kappa shape index (κ3) is 3.71. The molecule has 3 N–H and O–H groups in total. The van der Waals surface area contributed by atoms with Crippen molar-refractivity contribution in [1.82, 2.24) is 10.2 Å². The predicted molar refractivity (Wildman–Crippen MR) is 73.4 cm³/mol. The summed E-state index contributed by atoms with van der Waals surface area (Å²) in [6.45, 7) is 1.46. The highest BCUT2D eigenvalue weighted by Crippen LogP contribution is 2.13. The zero-order chi connectivity index (χ0) is 13.7. The van der Waals surface area contributed by atoms with Crippen molar-refractivity contribution >= 4 is 17.5 Å². The number of rotatable bonds is 3. The first-order valence-electron chi connectivity index (χ1n) is 6.54. The highest BCUT2D eigenvalue weighted by molar-refractivity contribution is 5.85. The lowest BCUT2D eigenvalue weighted by Gasteiger charge is -2.19. The molecule has 5 heteroatoms. The highest BCUT2D eigenvalue weighted by Gasteiger charge is 2.19. The van der Waals surface area contributed by atoms with Gasteiger partial charge in [-0.2, -0.15) is 0 Å². The molecule has 102 valence electrons. The Hall–Kier alpha value is -2.04. The molecule has 1 aromatic carbocycles. The van der Waals surface area contributed by atoms with Gasteiger partial charge in [0.05, 0.1) is 6.54 Å². The Morgan fingerprint density at radius 3 is 2.95 bits per heavy atom. The summed E-state index contributed by atoms with van der Waals surface area (Å²) >= 11 is 0. The van der Waals surface area contributed by atoms with Gasteiger partial charge in [-0.3, -0.25) is 9.59 Å². The average Bonchev–Trinajstić information content (AvgIpc) is 2.62. The van der Waals surface area contributed by atoms with Crippen LogP contribution in [0, 0.1) is 0 Å². The fourth-order valence-corrected chi connectivity index (χ4v) is 2.18. The third-order valence-electron chi connectivity index (χ3n) is 3.28. The van der Waals surface area contributed by atoms with Crippen molar-refractivity contribution in [2.24, 2.45) is 0 Å². The molecule has 0 radical (unpaired) electrons. The lowest BCUT2D eigenvalue weighted by Crippen LogP contribution is -2.37. The Morgan fingerprint density at radius 1 is 1.37 bits per heavy atom. The maximum absolute atomic E-state index is 12.1. The number of aryl methyl sites for hydroxylation is 1. The Bertz CT molecular complexity index is 474. The van der Waals surface area contributed by atoms with Crippen LogP contribution in [0.15, 0.2) is 24.3 Å². The van der Waals surface area contributed by atoms with E-state index in [-0.39, 0.29) is 18.4 Å². The van der Waals surface area contributed by atoms with Crippen molar-refractivity contribution in [3.05, 3.63) is 29.8 Å². The minimum atomic E-state index is -0.0786. The molecule has 1 aliphatic rings. The van der Waals surface area contributed by atoms with Gasteiger partial charge >= 0.3 is 0 Å². The van der Waals surface area contributed by atoms with E-state index >= 15 is 0 Å². The molecule has 2 rings (SSSR count). The lowest BCUT2D eigenvalue weighted by molar-refractivity contribution is -0.135. The summed E-state index contributed by atoms with van der Waals surface area (Å²) in [5.41, 5.74) is 7.54. The van der Waals surface area contributed by atoms with Gasteiger partial charge in [0.1, 0.15) is 0 Å². The molecular weight excluding hydrogens is 242 g/mol. The van der Waals surface area contributed by atoms with E-state index in [9.17, 15) is 9.59 Å². The minimum absolute atomic E-state index is 0.0142. The largest absolute Gasteiger partial charge is 0.399 e. The first-order chi connectivity index (χ1) is 9.16. The van der Waals surface area contributed by atoms with E-state index < -0.39 is 0 Å². The molecule has 19 heavy (non-hydrogen) atoms. The average molecular weight is 261 g/mol. The number of hydrogen-bond acceptors (Lipinski definition) is 3. The first-order valence-corrected chi connectivity index (χ1v) is 6.54. The van der Waals surface area contributed by atoms with Crippen LogP contribution < -0.4 is 11.1 Å². The van der Waals surface area contributed by atoms with E-state index in [0.717, 1.165) is 12.0 Å². The van der Waals surface area contributed by atoms with Crippen molar-refractivity contribution in [3.63, 3.8) is 0 Å². The van der Waals surface area contributed by atoms with E-state index in [0.29, 0.717) is 31.6 Å². The summed E-state index contributed by atoms with van der Waals surface area (Å²) in [5.74, 6) is -0.0645. The van der Waals surface area contributed by atoms with Crippen molar-refractivity contribution in [2.45, 2.75) is 19.3 Å². The number of nitrogens with one attached hydrogen (secondary N) is 1. The fraction of sp³-hybridized carbons (Fsp3) is 0.429. The molecule has 0 atom stereocenters. The van der Waals surface area contributed by atoms with Gasteiger partial charge in [-0.1, -0.05) is 18.2 Å². The third-order valence-corrected chi connectivity index (χ3v) is 3.28. The van der Waals surface area contributed by atoms with Gasteiger partial charge in [0.25, 0.3) is 0 Å². The van der Waals surface area contributed by atoms with Gasteiger partial charge in [-0.05, 0) is 24.5 Å². The van der Waals surface area contributed by atoms with Crippen LogP contribution >= 0.6 is 0 Å². The second-order valence-corrected chi connectivity index (χ2v) is 4.72. The van der Waals surface area contributed by atoms with E-state index in [4.69, 9.17) is 5.73 Å². The minimum Gasteiger partial charge on any atom is -0.399 e. The molecule has 0 aliphatic carbocycles. The summed E-state index contributed by atoms with van der Waals surface area (Å²) in [6, 6.07) is 7.55. The van der Waals surface area contributed by atoms with Crippen molar-refractivity contribution in [3.8, 4) is 0 Å². The Balaban J connectivity index is 1.90. The van der Waals surface area contributed by atoms with Crippen molar-refractivity contribution in [2.75, 3.05) is 25.4 Å². The monoisotopic (exact) mass is 261 g/mol. The molecular formula is C14H19N3O2. The van der Waals surface area contributed by atoms with Crippen LogP contribution in [0.4, 0.5) is 5.69 Å². The molecule has 1 saturated heterocycles. The van der Waals surface area contributed by atoms with Crippen LogP contribution in [0.3, 0.4) is 0 Å². The Morgan fingerprint density at radius 2 is 2.16 bits per heavy atom. The number of carbonyl (C=O) groups excluding carboxylic acids is 2. The molecule has 1 heterocycles. The number of amides is 2. The molecule has 1 fully saturated rings. The summed E-state index contributed by atoms with van der Waals surface area (Å²) in [6.07, 6.45) is 1.82. The van der Waals surface area contributed by atoms with E-state index in [1.807, 2.05) is 24.3 Å². The number of carbonyl (C=O) groups is 2. The van der Waals surface area contributed by atoms with Gasteiger partial charge in [-0.25, -0.2) is 0 Å². The fourth-order valence-electron chi connectivity index (χ4n) is 2.18. The van der Waals surface area contributed by atoms with E-state index in [2.05, 4.69) is 5.32 Å². The number of hydrogen-bond donors (Lipinski definition) is 2. The zero-order valence-corrected chi connectivity index (χ0v) is 10.9. The quantitative estimate of drug-likeness (QED) is 0.780. The number of anilines is 1. The van der Waals surface area contributed by atoms with Crippen molar-refractivity contribution < 1.29 is 9.59 Å². The molecule has 0 unspecified atom stereocenters. The second kappa shape index (κ2) is 6.22. The topological polar surface area (TPSA) is 75.4 Å². The van der Waals surface area contributed by atoms with Crippen LogP contribution in [0.1, 0.15) is 18.4 Å². The number of para-hydroxylation sites is 1. The summed E-state index contributed by atoms with van der Waals surface area (Å²) in [4.78, 5) is 25.1. The maximum atomic E-state index is 12.1. The van der Waals surface area contributed by atoms with E-state index in [1.165, 1.54) is 0 Å². The number of nitrogen functional groups attached to an aromatic ring is 1. The van der Waals surface area contributed by atoms with Crippen LogP contribution in [-0.2, 0) is 16.0 Å². The Labute approximate surface area is 112 Å². The van der Waals surface area contributed by atoms with Crippen LogP contribution in [0.2, 0.25) is 0 Å². The van der Waals surface area contributed by atoms with Gasteiger partial charge in [0.2, 0.25) is 11.8 Å². The highest BCUT2D eigenvalue weighted by atomic mass is 16.2. The first kappa shape index (κ1) is 13.4. The molecule has 2 amide bonds. The summed E-state index contributed by atoms with van der Waals surface area (Å²) in [5, 5.41) is 2.76. The predicted octanol–water partition coefficient (Wildman–Crippen LogP) is 0.550. The molecule has 1 aliphatic heterocycles. The molecule has 1 aromatic rings. The lowest BCUT2D eigenvalue weighted by atomic mass is 10.1. The molecule has 0 aromatic heterocycles. The number of nitrogens with zero attached hydrogens (tertiary/aromatic N) is 1. The van der Waals surface area contributed by atoms with Crippen LogP contribution in [0.25, 0.3) is 0 Å². The van der Waals surface area contributed by atoms with Crippen molar-refractivity contribution in [1.29, 1.82) is 0 Å². The van der Waals surface area contributed by atoms with Gasteiger partial charge in [0.15, 0.2) is 0 Å². The SMILES string of the molecule is Nc1ccccc1CCC(=O)N1CCCNC(=O)C1. The van der Waals surface area contributed by atoms with Gasteiger partial charge < -0.3 is 16.0 Å². The van der Waals surface area contributed by atoms with Gasteiger partial charge in [-0.15, -0.1) is 0 Å². The number of nitrogens with two attached hydrogens (primary N) is 1. The smallest absolute Gasteiger partial charge is 0.239 e. The second-order valence-electron chi connectivity index (χ2n) is 4.72. The Kier molecular flexibility index (Phi) is 4.39. The standard InChI is InChI=1S/C14H19N3O2/c15-12-5-2-1-4-11(12)6-7-14(19)17-9-3-8-16-13(18)10-17/h1-2,4-5H,3,6-10,15H2,(H,16,18). The normalized spacial score (nSPS) is 15.8. The van der Waals surface area contributed by atoms with Gasteiger partial charge in [0, 0.05) is 25.2 Å². The molecule has 5 nitrogen and oxygen atoms in total. The molecule has 0 saturated carbocycles. The zero-order valence-electron chi connectivity index (χ0n) is 10.9. The molecule has 0 spiro atoms.